The van der Waals surface area contributed by atoms with Crippen LogP contribution in [0.5, 0.6) is 17.2 Å². The number of amides is 1. The fraction of sp³-hybridized carbons (Fsp3) is 0.385. The van der Waals surface area contributed by atoms with Crippen LogP contribution in [0.15, 0.2) is 48.0 Å². The van der Waals surface area contributed by atoms with Crippen molar-refractivity contribution in [2.75, 3.05) is 41.4 Å². The first-order valence-electron chi connectivity index (χ1n) is 11.1. The predicted octanol–water partition coefficient (Wildman–Crippen LogP) is 3.47. The predicted molar refractivity (Wildman–Crippen MR) is 129 cm³/mol. The van der Waals surface area contributed by atoms with Gasteiger partial charge in [0.1, 0.15) is 23.0 Å². The number of nitrogens with zero attached hydrogens (tertiary/aromatic N) is 2. The van der Waals surface area contributed by atoms with Crippen LogP contribution in [0.3, 0.4) is 0 Å². The number of aliphatic hydroxyl groups is 1. The molecule has 1 saturated heterocycles. The van der Waals surface area contributed by atoms with Crippen molar-refractivity contribution in [1.82, 2.24) is 9.80 Å². The van der Waals surface area contributed by atoms with Gasteiger partial charge in [-0.2, -0.15) is 0 Å². The number of ketones is 1. The van der Waals surface area contributed by atoms with E-state index < -0.39 is 17.7 Å². The maximum Gasteiger partial charge on any atom is 0.295 e. The average molecular weight is 469 g/mol. The summed E-state index contributed by atoms with van der Waals surface area (Å²) in [5.74, 6) is -0.128. The van der Waals surface area contributed by atoms with Crippen LogP contribution in [0.2, 0.25) is 0 Å². The largest absolute Gasteiger partial charge is 0.507 e. The molecule has 1 aliphatic rings. The van der Waals surface area contributed by atoms with E-state index >= 15 is 0 Å². The van der Waals surface area contributed by atoms with Crippen LogP contribution in [-0.4, -0.2) is 74.1 Å². The van der Waals surface area contributed by atoms with Crippen LogP contribution < -0.4 is 14.2 Å². The molecule has 0 bridgehead atoms. The third-order valence-electron chi connectivity index (χ3n) is 5.56. The van der Waals surface area contributed by atoms with Crippen molar-refractivity contribution in [2.45, 2.75) is 26.0 Å². The number of ether oxygens (including phenoxy) is 3. The highest BCUT2D eigenvalue weighted by Crippen LogP contribution is 2.41. The quantitative estimate of drug-likeness (QED) is 0.342. The van der Waals surface area contributed by atoms with E-state index in [9.17, 15) is 14.7 Å². The maximum absolute atomic E-state index is 13.2. The van der Waals surface area contributed by atoms with Gasteiger partial charge in [-0.05, 0) is 57.8 Å². The number of likely N-dealkylation sites (N-methyl/N-ethyl adjacent to an activating group) is 1. The number of hydrogen-bond donors (Lipinski definition) is 1. The lowest BCUT2D eigenvalue weighted by Gasteiger charge is -2.27. The Hall–Kier alpha value is -3.52. The van der Waals surface area contributed by atoms with Gasteiger partial charge >= 0.3 is 0 Å². The van der Waals surface area contributed by atoms with Gasteiger partial charge in [0.25, 0.3) is 11.7 Å². The molecule has 0 aromatic heterocycles. The van der Waals surface area contributed by atoms with Crippen molar-refractivity contribution in [1.29, 1.82) is 0 Å². The molecule has 1 amide bonds. The van der Waals surface area contributed by atoms with E-state index in [2.05, 4.69) is 0 Å². The van der Waals surface area contributed by atoms with Crippen molar-refractivity contribution >= 4 is 17.4 Å². The van der Waals surface area contributed by atoms with E-state index in [1.807, 2.05) is 45.0 Å². The Morgan fingerprint density at radius 1 is 1.03 bits per heavy atom. The lowest BCUT2D eigenvalue weighted by molar-refractivity contribution is -0.140. The minimum Gasteiger partial charge on any atom is -0.507 e. The summed E-state index contributed by atoms with van der Waals surface area (Å²) in [5.41, 5.74) is 1.02. The Morgan fingerprint density at radius 2 is 1.68 bits per heavy atom. The molecular weight excluding hydrogens is 436 g/mol. The number of hydrogen-bond acceptors (Lipinski definition) is 7. The molecule has 8 heteroatoms. The van der Waals surface area contributed by atoms with E-state index in [4.69, 9.17) is 14.2 Å². The second-order valence-corrected chi connectivity index (χ2v) is 8.60. The zero-order chi connectivity index (χ0) is 25.0. The van der Waals surface area contributed by atoms with Crippen molar-refractivity contribution in [3.63, 3.8) is 0 Å². The topological polar surface area (TPSA) is 88.5 Å². The van der Waals surface area contributed by atoms with Crippen LogP contribution in [0.1, 0.15) is 31.0 Å². The molecule has 1 aliphatic heterocycles. The molecular formula is C26H32N2O6. The number of aliphatic hydroxyl groups excluding tert-OH is 1. The molecule has 1 fully saturated rings. The van der Waals surface area contributed by atoms with Gasteiger partial charge in [0.15, 0.2) is 0 Å². The average Bonchev–Trinajstić information content (AvgIpc) is 3.06. The highest BCUT2D eigenvalue weighted by molar-refractivity contribution is 6.46. The summed E-state index contributed by atoms with van der Waals surface area (Å²) in [6.45, 7) is 4.76. The van der Waals surface area contributed by atoms with E-state index in [1.165, 1.54) is 19.1 Å². The first-order chi connectivity index (χ1) is 16.2. The Labute approximate surface area is 200 Å². The fourth-order valence-corrected chi connectivity index (χ4v) is 3.91. The van der Waals surface area contributed by atoms with E-state index in [-0.39, 0.29) is 17.4 Å². The minimum absolute atomic E-state index is 0.0131. The summed E-state index contributed by atoms with van der Waals surface area (Å²) >= 11 is 0. The third-order valence-corrected chi connectivity index (χ3v) is 5.56. The number of likely N-dealkylation sites (tertiary alicyclic amines) is 1. The first kappa shape index (κ1) is 25.1. The van der Waals surface area contributed by atoms with Gasteiger partial charge in [-0.15, -0.1) is 0 Å². The van der Waals surface area contributed by atoms with E-state index in [1.54, 1.807) is 30.3 Å². The van der Waals surface area contributed by atoms with Crippen molar-refractivity contribution in [2.24, 2.45) is 0 Å². The zero-order valence-electron chi connectivity index (χ0n) is 20.5. The van der Waals surface area contributed by atoms with Crippen molar-refractivity contribution in [3.8, 4) is 17.2 Å². The fourth-order valence-electron chi connectivity index (χ4n) is 3.91. The van der Waals surface area contributed by atoms with Crippen LogP contribution in [0, 0.1) is 0 Å². The second-order valence-electron chi connectivity index (χ2n) is 8.60. The molecule has 1 heterocycles. The maximum atomic E-state index is 13.2. The monoisotopic (exact) mass is 468 g/mol. The highest BCUT2D eigenvalue weighted by Gasteiger charge is 2.46. The zero-order valence-corrected chi connectivity index (χ0v) is 20.5. The number of rotatable bonds is 9. The number of carbonyl (C=O) groups is 2. The van der Waals surface area contributed by atoms with E-state index in [0.717, 1.165) is 0 Å². The summed E-state index contributed by atoms with van der Waals surface area (Å²) < 4.78 is 16.4. The summed E-state index contributed by atoms with van der Waals surface area (Å²) in [4.78, 5) is 29.7. The third kappa shape index (κ3) is 5.17. The molecule has 0 spiro atoms. The van der Waals surface area contributed by atoms with Crippen LogP contribution in [0.4, 0.5) is 0 Å². The van der Waals surface area contributed by atoms with Crippen LogP contribution >= 0.6 is 0 Å². The molecule has 2 aromatic carbocycles. The molecule has 182 valence electrons. The van der Waals surface area contributed by atoms with Gasteiger partial charge in [-0.3, -0.25) is 9.59 Å². The normalized spacial score (nSPS) is 17.5. The highest BCUT2D eigenvalue weighted by atomic mass is 16.5. The van der Waals surface area contributed by atoms with Gasteiger partial charge in [-0.25, -0.2) is 0 Å². The molecule has 1 atom stereocenters. The summed E-state index contributed by atoms with van der Waals surface area (Å²) in [6, 6.07) is 11.4. The second kappa shape index (κ2) is 10.6. The number of Topliss-reactive ketones (excluding diaryl/α,β-unsaturated/α-hetero) is 1. The molecule has 3 rings (SSSR count). The molecule has 8 nitrogen and oxygen atoms in total. The van der Waals surface area contributed by atoms with Gasteiger partial charge < -0.3 is 29.1 Å². The van der Waals surface area contributed by atoms with Gasteiger partial charge in [-0.1, -0.05) is 12.1 Å². The summed E-state index contributed by atoms with van der Waals surface area (Å²) in [6.07, 6.45) is 0.0131. The van der Waals surface area contributed by atoms with Crippen molar-refractivity contribution < 1.29 is 28.9 Å². The van der Waals surface area contributed by atoms with Crippen LogP contribution in [-0.2, 0) is 9.59 Å². The van der Waals surface area contributed by atoms with Crippen LogP contribution in [0.25, 0.3) is 5.76 Å². The lowest BCUT2D eigenvalue weighted by atomic mass is 9.95. The molecule has 1 unspecified atom stereocenters. The number of methoxy groups -OCH3 is 2. The molecule has 0 saturated carbocycles. The molecule has 34 heavy (non-hydrogen) atoms. The Bertz CT molecular complexity index is 1080. The SMILES string of the molecule is COc1ccc(/C(O)=C2/C(=O)C(=O)N(CCN(C)C)C2c2ccc(OC(C)C)cc2)c(OC)c1. The van der Waals surface area contributed by atoms with E-state index in [0.29, 0.717) is 41.5 Å². The molecule has 2 aromatic rings. The van der Waals surface area contributed by atoms with Gasteiger partial charge in [0.05, 0.1) is 37.5 Å². The summed E-state index contributed by atoms with van der Waals surface area (Å²) in [7, 11) is 6.78. The standard InChI is InChI=1S/C26H32N2O6/c1-16(2)34-18-9-7-17(8-10-18)23-22(25(30)26(31)28(23)14-13-27(3)4)24(29)20-12-11-19(32-5)15-21(20)33-6/h7-12,15-16,23,29H,13-14H2,1-6H3/b24-22-. The minimum atomic E-state index is -0.750. The number of benzene rings is 2. The Balaban J connectivity index is 2.14. The first-order valence-corrected chi connectivity index (χ1v) is 11.1. The lowest BCUT2D eigenvalue weighted by Crippen LogP contribution is -2.35. The van der Waals surface area contributed by atoms with Gasteiger partial charge in [0, 0.05) is 19.2 Å². The smallest absolute Gasteiger partial charge is 0.295 e. The molecule has 0 radical (unpaired) electrons. The summed E-state index contributed by atoms with van der Waals surface area (Å²) in [5, 5.41) is 11.3. The van der Waals surface area contributed by atoms with Gasteiger partial charge in [0.2, 0.25) is 0 Å². The Morgan fingerprint density at radius 3 is 2.24 bits per heavy atom. The Kier molecular flexibility index (Phi) is 7.83. The van der Waals surface area contributed by atoms with Crippen molar-refractivity contribution in [3.05, 3.63) is 59.2 Å². The number of carbonyl (C=O) groups excluding carboxylic acids is 2. The molecule has 0 aliphatic carbocycles. The molecule has 1 N–H and O–H groups in total.